The van der Waals surface area contributed by atoms with Gasteiger partial charge in [0.25, 0.3) is 0 Å². The van der Waals surface area contributed by atoms with Crippen LogP contribution in [0.1, 0.15) is 13.8 Å². The number of hydrogen-bond donors (Lipinski definition) is 0. The van der Waals surface area contributed by atoms with Crippen molar-refractivity contribution in [1.82, 2.24) is 0 Å². The molecule has 0 radical (unpaired) electrons. The third kappa shape index (κ3) is 3.06. The van der Waals surface area contributed by atoms with E-state index in [1.54, 1.807) is 7.11 Å². The molecule has 0 aliphatic heterocycles. The van der Waals surface area contributed by atoms with Gasteiger partial charge in [0.05, 0.1) is 0 Å². The molecular weight excluding hydrogens is 156 g/mol. The lowest BCUT2D eigenvalue weighted by Crippen LogP contribution is -2.08. The van der Waals surface area contributed by atoms with Crippen LogP contribution in [0.3, 0.4) is 0 Å². The first-order valence-electron chi connectivity index (χ1n) is 2.35. The van der Waals surface area contributed by atoms with E-state index in [4.69, 9.17) is 4.74 Å². The Morgan fingerprint density at radius 1 is 1.43 bits per heavy atom. The molecule has 0 amide bonds. The Kier molecular flexibility index (Phi) is 3.66. The van der Waals surface area contributed by atoms with Crippen LogP contribution in [-0.2, 0) is 4.74 Å². The highest BCUT2D eigenvalue weighted by atomic mass is 79.9. The Morgan fingerprint density at radius 3 is 1.86 bits per heavy atom. The number of alkyl halides is 1. The largest absolute Gasteiger partial charge is 0.370 e. The maximum Gasteiger partial charge on any atom is 0.114 e. The third-order valence-electron chi connectivity index (χ3n) is 0.749. The molecular formula is C5H11BrO. The summed E-state index contributed by atoms with van der Waals surface area (Å²) < 4.78 is 4.93. The number of halogens is 1. The molecule has 0 aliphatic rings. The molecule has 1 nitrogen and oxygen atoms in total. The first kappa shape index (κ1) is 7.44. The van der Waals surface area contributed by atoms with Gasteiger partial charge in [-0.25, -0.2) is 0 Å². The molecule has 1 atom stereocenters. The van der Waals surface area contributed by atoms with Gasteiger partial charge in [-0.2, -0.15) is 0 Å². The average Bonchev–Trinajstić information content (AvgIpc) is 1.65. The van der Waals surface area contributed by atoms with Crippen molar-refractivity contribution in [1.29, 1.82) is 0 Å². The molecule has 0 aliphatic carbocycles. The standard InChI is InChI=1S/C5H11BrO/c1-4(2)5(6)7-3/h4-5H,1-3H3. The summed E-state index contributed by atoms with van der Waals surface area (Å²) in [5.41, 5.74) is 0. The van der Waals surface area contributed by atoms with E-state index >= 15 is 0 Å². The molecule has 0 bridgehead atoms. The fourth-order valence-electron chi connectivity index (χ4n) is 0.272. The minimum Gasteiger partial charge on any atom is -0.370 e. The Labute approximate surface area is 53.2 Å². The summed E-state index contributed by atoms with van der Waals surface area (Å²) in [7, 11) is 1.69. The zero-order valence-electron chi connectivity index (χ0n) is 4.94. The van der Waals surface area contributed by atoms with E-state index in [1.807, 2.05) is 0 Å². The molecule has 7 heavy (non-hydrogen) atoms. The highest BCUT2D eigenvalue weighted by Crippen LogP contribution is 2.10. The fraction of sp³-hybridized carbons (Fsp3) is 1.00. The summed E-state index contributed by atoms with van der Waals surface area (Å²) in [6, 6.07) is 0. The first-order valence-corrected chi connectivity index (χ1v) is 3.27. The van der Waals surface area contributed by atoms with Crippen LogP contribution in [0, 0.1) is 5.92 Å². The smallest absolute Gasteiger partial charge is 0.114 e. The van der Waals surface area contributed by atoms with Gasteiger partial charge in [0.15, 0.2) is 0 Å². The second-order valence-electron chi connectivity index (χ2n) is 1.83. The van der Waals surface area contributed by atoms with Gasteiger partial charge in [-0.3, -0.25) is 0 Å². The summed E-state index contributed by atoms with van der Waals surface area (Å²) in [6.07, 6.45) is 0. The second kappa shape index (κ2) is 3.44. The Hall–Kier alpha value is 0.440. The summed E-state index contributed by atoms with van der Waals surface area (Å²) >= 11 is 3.32. The lowest BCUT2D eigenvalue weighted by atomic mass is 10.2. The van der Waals surface area contributed by atoms with Crippen LogP contribution in [0.15, 0.2) is 0 Å². The van der Waals surface area contributed by atoms with Crippen LogP contribution < -0.4 is 0 Å². The van der Waals surface area contributed by atoms with Crippen molar-refractivity contribution in [2.75, 3.05) is 7.11 Å². The topological polar surface area (TPSA) is 9.23 Å². The van der Waals surface area contributed by atoms with Crippen LogP contribution in [0.5, 0.6) is 0 Å². The Balaban J connectivity index is 3.14. The zero-order chi connectivity index (χ0) is 5.86. The van der Waals surface area contributed by atoms with Gasteiger partial charge in [0.2, 0.25) is 0 Å². The lowest BCUT2D eigenvalue weighted by molar-refractivity contribution is 0.142. The molecule has 44 valence electrons. The monoisotopic (exact) mass is 166 g/mol. The van der Waals surface area contributed by atoms with Crippen molar-refractivity contribution in [2.45, 2.75) is 18.9 Å². The molecule has 0 aromatic rings. The van der Waals surface area contributed by atoms with E-state index in [-0.39, 0.29) is 5.01 Å². The van der Waals surface area contributed by atoms with Gasteiger partial charge >= 0.3 is 0 Å². The maximum absolute atomic E-state index is 4.93. The predicted molar refractivity (Wildman–Crippen MR) is 34.6 cm³/mol. The Morgan fingerprint density at radius 2 is 1.86 bits per heavy atom. The normalized spacial score (nSPS) is 15.0. The molecule has 0 heterocycles. The van der Waals surface area contributed by atoms with E-state index in [0.29, 0.717) is 5.92 Å². The summed E-state index contributed by atoms with van der Waals surface area (Å²) in [5, 5.41) is 0.215. The van der Waals surface area contributed by atoms with Crippen molar-refractivity contribution >= 4 is 15.9 Å². The zero-order valence-corrected chi connectivity index (χ0v) is 6.53. The van der Waals surface area contributed by atoms with E-state index in [1.165, 1.54) is 0 Å². The summed E-state index contributed by atoms with van der Waals surface area (Å²) in [6.45, 7) is 4.20. The van der Waals surface area contributed by atoms with Crippen molar-refractivity contribution in [2.24, 2.45) is 5.92 Å². The maximum atomic E-state index is 4.93. The van der Waals surface area contributed by atoms with Crippen molar-refractivity contribution in [3.05, 3.63) is 0 Å². The van der Waals surface area contributed by atoms with Gasteiger partial charge < -0.3 is 4.74 Å². The van der Waals surface area contributed by atoms with Crippen molar-refractivity contribution in [3.8, 4) is 0 Å². The molecule has 0 N–H and O–H groups in total. The van der Waals surface area contributed by atoms with E-state index in [9.17, 15) is 0 Å². The quantitative estimate of drug-likeness (QED) is 0.571. The van der Waals surface area contributed by atoms with Crippen LogP contribution in [0.2, 0.25) is 0 Å². The Bertz CT molecular complexity index is 45.3. The second-order valence-corrected chi connectivity index (χ2v) is 2.73. The molecule has 2 heteroatoms. The molecule has 0 aromatic carbocycles. The van der Waals surface area contributed by atoms with E-state index in [2.05, 4.69) is 29.8 Å². The highest BCUT2D eigenvalue weighted by molar-refractivity contribution is 9.09. The molecule has 0 saturated carbocycles. The number of hydrogen-bond acceptors (Lipinski definition) is 1. The minimum atomic E-state index is 0.215. The van der Waals surface area contributed by atoms with Gasteiger partial charge in [0, 0.05) is 7.11 Å². The SMILES string of the molecule is COC(Br)C(C)C. The molecule has 0 spiro atoms. The van der Waals surface area contributed by atoms with Crippen molar-refractivity contribution in [3.63, 3.8) is 0 Å². The van der Waals surface area contributed by atoms with Crippen LogP contribution in [0.4, 0.5) is 0 Å². The highest BCUT2D eigenvalue weighted by Gasteiger charge is 2.04. The predicted octanol–water partition coefficient (Wildman–Crippen LogP) is 2.01. The third-order valence-corrected chi connectivity index (χ3v) is 2.18. The van der Waals surface area contributed by atoms with Crippen LogP contribution in [0.25, 0.3) is 0 Å². The summed E-state index contributed by atoms with van der Waals surface area (Å²) in [4.78, 5) is 0. The lowest BCUT2D eigenvalue weighted by Gasteiger charge is -2.09. The van der Waals surface area contributed by atoms with E-state index < -0.39 is 0 Å². The number of rotatable bonds is 2. The first-order chi connectivity index (χ1) is 3.18. The number of ether oxygens (including phenoxy) is 1. The van der Waals surface area contributed by atoms with Gasteiger partial charge in [-0.05, 0) is 5.92 Å². The molecule has 1 unspecified atom stereocenters. The van der Waals surface area contributed by atoms with Crippen LogP contribution in [-0.4, -0.2) is 12.1 Å². The van der Waals surface area contributed by atoms with Crippen LogP contribution >= 0.6 is 15.9 Å². The van der Waals surface area contributed by atoms with Gasteiger partial charge in [-0.1, -0.05) is 29.8 Å². The fourth-order valence-corrected chi connectivity index (χ4v) is 0.272. The summed E-state index contributed by atoms with van der Waals surface area (Å²) in [5.74, 6) is 0.560. The van der Waals surface area contributed by atoms with E-state index in [0.717, 1.165) is 0 Å². The molecule has 0 aromatic heterocycles. The van der Waals surface area contributed by atoms with Gasteiger partial charge in [0.1, 0.15) is 5.01 Å². The molecule has 0 fully saturated rings. The van der Waals surface area contributed by atoms with Gasteiger partial charge in [-0.15, -0.1) is 0 Å². The molecule has 0 rings (SSSR count). The molecule has 0 saturated heterocycles. The number of methoxy groups -OCH3 is 1. The average molecular weight is 167 g/mol. The van der Waals surface area contributed by atoms with Crippen molar-refractivity contribution < 1.29 is 4.74 Å². The minimum absolute atomic E-state index is 0.215.